The second-order valence-electron chi connectivity index (χ2n) is 5.87. The van der Waals surface area contributed by atoms with Crippen molar-refractivity contribution in [1.29, 1.82) is 0 Å². The number of carbonyl (C=O) groups is 3. The molecule has 2 rings (SSSR count). The van der Waals surface area contributed by atoms with Gasteiger partial charge in [0.15, 0.2) is 0 Å². The highest BCUT2D eigenvalue weighted by Gasteiger charge is 2.40. The van der Waals surface area contributed by atoms with Crippen molar-refractivity contribution < 1.29 is 19.5 Å². The fourth-order valence-corrected chi connectivity index (χ4v) is 3.46. The molecular formula is C16H22N2O4S. The number of amides is 2. The zero-order valence-electron chi connectivity index (χ0n) is 13.0. The number of rotatable bonds is 7. The fourth-order valence-electron chi connectivity index (χ4n) is 2.82. The van der Waals surface area contributed by atoms with Gasteiger partial charge in [0.2, 0.25) is 5.91 Å². The summed E-state index contributed by atoms with van der Waals surface area (Å²) in [6.07, 6.45) is 4.33. The largest absolute Gasteiger partial charge is 0.480 e. The van der Waals surface area contributed by atoms with E-state index in [1.54, 1.807) is 11.4 Å². The van der Waals surface area contributed by atoms with Crippen molar-refractivity contribution in [3.05, 3.63) is 22.4 Å². The maximum absolute atomic E-state index is 12.0. The summed E-state index contributed by atoms with van der Waals surface area (Å²) in [6, 6.07) is 1.74. The van der Waals surface area contributed by atoms with Gasteiger partial charge in [-0.1, -0.05) is 19.3 Å². The summed E-state index contributed by atoms with van der Waals surface area (Å²) in [6.45, 7) is 0.391. The van der Waals surface area contributed by atoms with Gasteiger partial charge < -0.3 is 15.7 Å². The molecule has 0 aromatic carbocycles. The number of thiophene rings is 1. The number of hydrogen-bond donors (Lipinski definition) is 3. The monoisotopic (exact) mass is 338 g/mol. The lowest BCUT2D eigenvalue weighted by atomic mass is 9.81. The van der Waals surface area contributed by atoms with Crippen molar-refractivity contribution in [2.75, 3.05) is 6.54 Å². The highest BCUT2D eigenvalue weighted by atomic mass is 32.1. The van der Waals surface area contributed by atoms with Crippen LogP contribution >= 0.6 is 11.3 Å². The first-order valence-corrected chi connectivity index (χ1v) is 8.83. The van der Waals surface area contributed by atoms with E-state index in [9.17, 15) is 19.5 Å². The third-order valence-corrected chi connectivity index (χ3v) is 4.83. The van der Waals surface area contributed by atoms with Crippen molar-refractivity contribution >= 4 is 29.1 Å². The molecule has 1 aliphatic carbocycles. The van der Waals surface area contributed by atoms with Crippen LogP contribution in [0.4, 0.5) is 0 Å². The molecule has 3 N–H and O–H groups in total. The van der Waals surface area contributed by atoms with Crippen LogP contribution < -0.4 is 10.6 Å². The Labute approximate surface area is 139 Å². The Morgan fingerprint density at radius 1 is 1.22 bits per heavy atom. The van der Waals surface area contributed by atoms with E-state index in [-0.39, 0.29) is 18.2 Å². The molecule has 23 heavy (non-hydrogen) atoms. The van der Waals surface area contributed by atoms with Gasteiger partial charge in [-0.2, -0.15) is 11.3 Å². The van der Waals surface area contributed by atoms with Crippen molar-refractivity contribution in [2.45, 2.75) is 50.5 Å². The maximum Gasteiger partial charge on any atom is 0.329 e. The number of nitrogens with one attached hydrogen (secondary N) is 2. The van der Waals surface area contributed by atoms with Gasteiger partial charge in [-0.3, -0.25) is 9.59 Å². The van der Waals surface area contributed by atoms with Crippen LogP contribution in [0.5, 0.6) is 0 Å². The Kier molecular flexibility index (Phi) is 6.15. The minimum absolute atomic E-state index is 0.152. The molecule has 1 fully saturated rings. The molecule has 0 bridgehead atoms. The molecule has 7 heteroatoms. The molecule has 0 radical (unpaired) electrons. The summed E-state index contributed by atoms with van der Waals surface area (Å²) >= 11 is 1.45. The molecule has 0 unspecified atom stereocenters. The lowest BCUT2D eigenvalue weighted by Crippen LogP contribution is -2.55. The Hall–Kier alpha value is -1.89. The topological polar surface area (TPSA) is 95.5 Å². The summed E-state index contributed by atoms with van der Waals surface area (Å²) < 4.78 is 0. The van der Waals surface area contributed by atoms with Gasteiger partial charge in [0.05, 0.1) is 0 Å². The van der Waals surface area contributed by atoms with Crippen LogP contribution in [0.15, 0.2) is 16.8 Å². The standard InChI is InChI=1S/C16H22N2O4S/c19-13(18-16(15(21)22)7-2-1-3-8-16)5-4-9-17-14(20)12-6-10-23-11-12/h6,10-11H,1-5,7-9H2,(H,17,20)(H,18,19)(H,21,22). The third-order valence-electron chi connectivity index (χ3n) is 4.14. The van der Waals surface area contributed by atoms with E-state index < -0.39 is 11.5 Å². The lowest BCUT2D eigenvalue weighted by molar-refractivity contribution is -0.149. The molecule has 1 aromatic heterocycles. The summed E-state index contributed by atoms with van der Waals surface area (Å²) in [5.74, 6) is -1.36. The van der Waals surface area contributed by atoms with Crippen LogP contribution in [0.3, 0.4) is 0 Å². The first-order chi connectivity index (χ1) is 11.0. The molecule has 1 aliphatic rings. The van der Waals surface area contributed by atoms with E-state index in [4.69, 9.17) is 0 Å². The molecule has 0 saturated heterocycles. The van der Waals surface area contributed by atoms with Crippen molar-refractivity contribution in [1.82, 2.24) is 10.6 Å². The van der Waals surface area contributed by atoms with Crippen molar-refractivity contribution in [2.24, 2.45) is 0 Å². The van der Waals surface area contributed by atoms with Gasteiger partial charge >= 0.3 is 5.97 Å². The number of carboxylic acids is 1. The predicted molar refractivity (Wildman–Crippen MR) is 87.5 cm³/mol. The van der Waals surface area contributed by atoms with Crippen LogP contribution in [0.1, 0.15) is 55.3 Å². The van der Waals surface area contributed by atoms with Crippen molar-refractivity contribution in [3.8, 4) is 0 Å². The van der Waals surface area contributed by atoms with Gasteiger partial charge in [-0.25, -0.2) is 4.79 Å². The maximum atomic E-state index is 12.0. The minimum atomic E-state index is -1.10. The number of aliphatic carboxylic acids is 1. The van der Waals surface area contributed by atoms with Crippen LogP contribution in [0.25, 0.3) is 0 Å². The molecule has 0 atom stereocenters. The van der Waals surface area contributed by atoms with Gasteiger partial charge in [-0.05, 0) is 30.7 Å². The minimum Gasteiger partial charge on any atom is -0.480 e. The second-order valence-corrected chi connectivity index (χ2v) is 6.65. The van der Waals surface area contributed by atoms with Gasteiger partial charge in [-0.15, -0.1) is 0 Å². The van der Waals surface area contributed by atoms with Crippen molar-refractivity contribution in [3.63, 3.8) is 0 Å². The molecular weight excluding hydrogens is 316 g/mol. The molecule has 6 nitrogen and oxygen atoms in total. The predicted octanol–water partition coefficient (Wildman–Crippen LogP) is 2.16. The average molecular weight is 338 g/mol. The molecule has 2 amide bonds. The summed E-state index contributed by atoms with van der Waals surface area (Å²) in [5.41, 5.74) is -0.485. The molecule has 1 heterocycles. The van der Waals surface area contributed by atoms with E-state index in [1.165, 1.54) is 11.3 Å². The number of carboxylic acid groups (broad SMARTS) is 1. The van der Waals surface area contributed by atoms with E-state index in [0.29, 0.717) is 31.4 Å². The van der Waals surface area contributed by atoms with E-state index in [1.807, 2.05) is 5.38 Å². The molecule has 1 saturated carbocycles. The summed E-state index contributed by atoms with van der Waals surface area (Å²) in [5, 5.41) is 18.5. The number of hydrogen-bond acceptors (Lipinski definition) is 4. The van der Waals surface area contributed by atoms with Crippen LogP contribution in [-0.4, -0.2) is 35.0 Å². The number of carbonyl (C=O) groups excluding carboxylic acids is 2. The average Bonchev–Trinajstić information content (AvgIpc) is 3.06. The van der Waals surface area contributed by atoms with Crippen LogP contribution in [0.2, 0.25) is 0 Å². The van der Waals surface area contributed by atoms with E-state index in [2.05, 4.69) is 10.6 Å². The molecule has 0 aliphatic heterocycles. The SMILES string of the molecule is O=C(CCCNC(=O)c1ccsc1)NC1(C(=O)O)CCCCC1. The smallest absolute Gasteiger partial charge is 0.329 e. The first-order valence-electron chi connectivity index (χ1n) is 7.88. The van der Waals surface area contributed by atoms with Crippen LogP contribution in [0, 0.1) is 0 Å². The van der Waals surface area contributed by atoms with Gasteiger partial charge in [0, 0.05) is 23.9 Å². The Morgan fingerprint density at radius 2 is 1.96 bits per heavy atom. The molecule has 0 spiro atoms. The summed E-state index contributed by atoms with van der Waals surface area (Å²) in [4.78, 5) is 35.2. The summed E-state index contributed by atoms with van der Waals surface area (Å²) in [7, 11) is 0. The lowest BCUT2D eigenvalue weighted by Gasteiger charge is -2.34. The Morgan fingerprint density at radius 3 is 2.57 bits per heavy atom. The third kappa shape index (κ3) is 4.79. The highest BCUT2D eigenvalue weighted by Crippen LogP contribution is 2.28. The normalized spacial score (nSPS) is 16.5. The van der Waals surface area contributed by atoms with Gasteiger partial charge in [0.25, 0.3) is 5.91 Å². The quantitative estimate of drug-likeness (QED) is 0.664. The van der Waals surface area contributed by atoms with E-state index in [0.717, 1.165) is 19.3 Å². The first kappa shape index (κ1) is 17.5. The fraction of sp³-hybridized carbons (Fsp3) is 0.562. The zero-order chi connectivity index (χ0) is 16.7. The molecule has 1 aromatic rings. The second kappa shape index (κ2) is 8.10. The van der Waals surface area contributed by atoms with Gasteiger partial charge in [0.1, 0.15) is 5.54 Å². The highest BCUT2D eigenvalue weighted by molar-refractivity contribution is 7.08. The van der Waals surface area contributed by atoms with Crippen LogP contribution in [-0.2, 0) is 9.59 Å². The molecule has 126 valence electrons. The zero-order valence-corrected chi connectivity index (χ0v) is 13.8. The Balaban J connectivity index is 1.72. The Bertz CT molecular complexity index is 550. The van der Waals surface area contributed by atoms with E-state index >= 15 is 0 Å².